The molecule has 0 unspecified atom stereocenters. The molecule has 0 saturated heterocycles. The first kappa shape index (κ1) is 39.3. The Morgan fingerprint density at radius 3 is 0.795 bits per heavy atom. The minimum atomic E-state index is -5.17. The van der Waals surface area contributed by atoms with Crippen LogP contribution in [0.1, 0.15) is 0 Å². The molecule has 0 bridgehead atoms. The minimum Gasteiger partial charge on any atom is -0.759 e. The molecule has 0 spiro atoms. The molecule has 196 valence electrons. The van der Waals surface area contributed by atoms with Gasteiger partial charge in [-0.2, -0.15) is 18.9 Å². The molecule has 4 aromatic rings. The van der Waals surface area contributed by atoms with Crippen LogP contribution in [-0.2, 0) is 10.4 Å². The van der Waals surface area contributed by atoms with Gasteiger partial charge in [0.2, 0.25) is 0 Å². The molecule has 0 radical (unpaired) electrons. The van der Waals surface area contributed by atoms with E-state index in [1.54, 1.807) is 72.8 Å². The maximum atomic E-state index is 11.3. The van der Waals surface area contributed by atoms with Gasteiger partial charge in [-0.3, -0.25) is 8.42 Å². The standard InChI is InChI=1S/2C10H8N2O2S2.2K.H2O4S/c2*13-11-7-3-1-5-9(11)15-16-10-6-2-4-8-12(10)14;;;1-5(2,3)4/h2*1-8H;;;(H2,1,2,3,4)/q;;2*+1;/p-2. The smallest absolute Gasteiger partial charge is 0.759 e. The van der Waals surface area contributed by atoms with E-state index in [-0.39, 0.29) is 103 Å². The molecule has 0 N–H and O–H groups in total. The van der Waals surface area contributed by atoms with Crippen LogP contribution in [0.4, 0.5) is 0 Å². The SMILES string of the molecule is O=S(=O)([O-])[O-].[K+].[K+].[O-][n+]1ccccc1SSc1cccc[n+]1[O-].[O-][n+]1ccccc1SSc1cccc[n+]1[O-]. The van der Waals surface area contributed by atoms with Crippen LogP contribution in [0.3, 0.4) is 0 Å². The van der Waals surface area contributed by atoms with E-state index in [9.17, 15) is 20.8 Å². The van der Waals surface area contributed by atoms with Crippen molar-refractivity contribution >= 4 is 53.6 Å². The Morgan fingerprint density at radius 1 is 0.462 bits per heavy atom. The summed E-state index contributed by atoms with van der Waals surface area (Å²) < 4.78 is 37.2. The Kier molecular flexibility index (Phi) is 21.3. The van der Waals surface area contributed by atoms with E-state index in [1.807, 2.05) is 0 Å². The molecule has 4 rings (SSSR count). The van der Waals surface area contributed by atoms with Crippen molar-refractivity contribution < 1.29 is 139 Å². The van der Waals surface area contributed by atoms with Gasteiger partial charge in [0.25, 0.3) is 20.1 Å². The molecule has 12 nitrogen and oxygen atoms in total. The average Bonchev–Trinajstić information content (AvgIpc) is 2.84. The summed E-state index contributed by atoms with van der Waals surface area (Å²) >= 11 is 0. The zero-order valence-electron chi connectivity index (χ0n) is 20.3. The van der Waals surface area contributed by atoms with Crippen molar-refractivity contribution in [3.8, 4) is 0 Å². The van der Waals surface area contributed by atoms with Crippen molar-refractivity contribution in [2.24, 2.45) is 0 Å². The van der Waals surface area contributed by atoms with Crippen molar-refractivity contribution in [2.45, 2.75) is 20.1 Å². The Hall–Kier alpha value is 0.343. The van der Waals surface area contributed by atoms with Gasteiger partial charge >= 0.3 is 103 Å². The number of hydrogen-bond donors (Lipinski definition) is 0. The normalized spacial score (nSPS) is 9.90. The van der Waals surface area contributed by atoms with Gasteiger partial charge in [-0.1, -0.05) is 0 Å². The van der Waals surface area contributed by atoms with Crippen LogP contribution in [0, 0.1) is 20.8 Å². The van der Waals surface area contributed by atoms with E-state index >= 15 is 0 Å². The summed E-state index contributed by atoms with van der Waals surface area (Å²) in [4.78, 5) is 0. The summed E-state index contributed by atoms with van der Waals surface area (Å²) in [5.74, 6) is 0. The zero-order valence-corrected chi connectivity index (χ0v) is 30.7. The molecule has 4 heterocycles. The first-order valence-corrected chi connectivity index (χ1v) is 15.3. The fourth-order valence-corrected chi connectivity index (χ4v) is 6.07. The minimum absolute atomic E-state index is 0. The van der Waals surface area contributed by atoms with Crippen molar-refractivity contribution in [3.63, 3.8) is 0 Å². The van der Waals surface area contributed by atoms with Gasteiger partial charge in [0.15, 0.2) is 24.8 Å². The second-order valence-corrected chi connectivity index (χ2v) is 11.4. The number of hydrogen-bond acceptors (Lipinski definition) is 12. The number of pyridine rings is 4. The first-order chi connectivity index (χ1) is 17.5. The predicted molar refractivity (Wildman–Crippen MR) is 136 cm³/mol. The quantitative estimate of drug-likeness (QED) is 0.0484. The Balaban J connectivity index is 0.000000606. The van der Waals surface area contributed by atoms with Crippen molar-refractivity contribution in [3.05, 3.63) is 118 Å². The molecule has 0 fully saturated rings. The second-order valence-electron chi connectivity index (χ2n) is 6.20. The van der Waals surface area contributed by atoms with E-state index in [0.29, 0.717) is 20.1 Å². The van der Waals surface area contributed by atoms with Crippen molar-refractivity contribution in [1.29, 1.82) is 0 Å². The molecule has 4 aromatic heterocycles. The van der Waals surface area contributed by atoms with Gasteiger partial charge in [-0.25, -0.2) is 0 Å². The second kappa shape index (κ2) is 21.1. The molecule has 39 heavy (non-hydrogen) atoms. The van der Waals surface area contributed by atoms with Gasteiger partial charge in [-0.05, 0) is 24.3 Å². The third-order valence-electron chi connectivity index (χ3n) is 3.58. The predicted octanol–water partition coefficient (Wildman–Crippen LogP) is -3.82. The summed E-state index contributed by atoms with van der Waals surface area (Å²) in [6, 6.07) is 20.6. The molecular weight excluding hydrogens is 663 g/mol. The first-order valence-electron chi connectivity index (χ1n) is 9.63. The van der Waals surface area contributed by atoms with Gasteiger partial charge in [-0.15, -0.1) is 0 Å². The summed E-state index contributed by atoms with van der Waals surface area (Å²) in [5, 5.41) is 47.5. The maximum absolute atomic E-state index is 11.3. The van der Waals surface area contributed by atoms with Crippen LogP contribution < -0.4 is 122 Å². The van der Waals surface area contributed by atoms with Gasteiger partial charge in [0, 0.05) is 102 Å². The molecule has 0 aromatic carbocycles. The Bertz CT molecular complexity index is 1220. The Labute approximate surface area is 325 Å². The third kappa shape index (κ3) is 17.1. The molecule has 0 atom stereocenters. The van der Waals surface area contributed by atoms with Crippen LogP contribution in [0.5, 0.6) is 0 Å². The monoisotopic (exact) mass is 678 g/mol. The van der Waals surface area contributed by atoms with E-state index in [1.165, 1.54) is 68.0 Å². The molecule has 0 aliphatic rings. The summed E-state index contributed by atoms with van der Waals surface area (Å²) in [6.45, 7) is 0. The van der Waals surface area contributed by atoms with E-state index in [0.717, 1.165) is 18.9 Å². The van der Waals surface area contributed by atoms with Crippen LogP contribution in [-0.4, -0.2) is 17.5 Å². The van der Waals surface area contributed by atoms with Crippen molar-refractivity contribution in [2.75, 3.05) is 0 Å². The van der Waals surface area contributed by atoms with Crippen LogP contribution in [0.2, 0.25) is 0 Å². The zero-order chi connectivity index (χ0) is 27.3. The number of nitrogens with zero attached hydrogens (tertiary/aromatic N) is 4. The fourth-order valence-electron chi connectivity index (χ4n) is 2.08. The summed E-state index contributed by atoms with van der Waals surface area (Å²) in [5.41, 5.74) is 0. The molecule has 0 saturated carbocycles. The average molecular weight is 679 g/mol. The number of rotatable bonds is 6. The molecule has 0 amide bonds. The molecule has 0 aliphatic carbocycles. The van der Waals surface area contributed by atoms with Crippen LogP contribution >= 0.6 is 43.2 Å². The molecule has 0 aliphatic heterocycles. The maximum Gasteiger partial charge on any atom is 1.00 e. The van der Waals surface area contributed by atoms with E-state index in [2.05, 4.69) is 0 Å². The summed E-state index contributed by atoms with van der Waals surface area (Å²) in [7, 11) is -0.124. The van der Waals surface area contributed by atoms with Gasteiger partial charge < -0.3 is 29.9 Å². The van der Waals surface area contributed by atoms with Crippen LogP contribution in [0.15, 0.2) is 118 Å². The third-order valence-corrected chi connectivity index (χ3v) is 8.24. The fraction of sp³-hybridized carbons (Fsp3) is 0. The van der Waals surface area contributed by atoms with Gasteiger partial charge in [0.05, 0.1) is 0 Å². The topological polar surface area (TPSA) is 188 Å². The molecular formula is C20H16K2N4O8S5. The van der Waals surface area contributed by atoms with E-state index in [4.69, 9.17) is 17.5 Å². The van der Waals surface area contributed by atoms with Crippen LogP contribution in [0.25, 0.3) is 0 Å². The van der Waals surface area contributed by atoms with Gasteiger partial charge in [0.1, 0.15) is 0 Å². The van der Waals surface area contributed by atoms with Crippen molar-refractivity contribution in [1.82, 2.24) is 0 Å². The largest absolute Gasteiger partial charge is 1.00 e. The molecule has 19 heteroatoms. The summed E-state index contributed by atoms with van der Waals surface area (Å²) in [6.07, 6.45) is 5.72. The Morgan fingerprint density at radius 2 is 0.641 bits per heavy atom. The number of aromatic nitrogens is 4. The van der Waals surface area contributed by atoms with E-state index < -0.39 is 10.4 Å².